The van der Waals surface area contributed by atoms with E-state index in [1.165, 1.54) is 36.4 Å². The summed E-state index contributed by atoms with van der Waals surface area (Å²) >= 11 is 0. The average molecular weight is 290 g/mol. The third kappa shape index (κ3) is 3.16. The first-order valence-electron chi connectivity index (χ1n) is 5.88. The van der Waals surface area contributed by atoms with Crippen molar-refractivity contribution in [3.05, 3.63) is 59.7 Å². The third-order valence-electron chi connectivity index (χ3n) is 2.75. The molecule has 2 aromatic carbocycles. The fraction of sp³-hybridized carbons (Fsp3) is 0.0714. The van der Waals surface area contributed by atoms with Crippen molar-refractivity contribution < 1.29 is 13.2 Å². The number of anilines is 1. The molecule has 2 aromatic rings. The molecule has 104 valence electrons. The lowest BCUT2D eigenvalue weighted by atomic mass is 10.2. The first-order chi connectivity index (χ1) is 9.38. The van der Waals surface area contributed by atoms with Crippen LogP contribution in [0, 0.1) is 6.92 Å². The smallest absolute Gasteiger partial charge is 0.261 e. The molecule has 2 rings (SSSR count). The maximum atomic E-state index is 12.1. The Morgan fingerprint density at radius 2 is 1.55 bits per heavy atom. The van der Waals surface area contributed by atoms with E-state index in [1.807, 2.05) is 6.92 Å². The number of hydrogen-bond donors (Lipinski definition) is 2. The monoisotopic (exact) mass is 290 g/mol. The first-order valence-corrected chi connectivity index (χ1v) is 7.36. The van der Waals surface area contributed by atoms with Crippen LogP contribution in [-0.2, 0) is 10.0 Å². The van der Waals surface area contributed by atoms with Crippen molar-refractivity contribution in [2.24, 2.45) is 5.73 Å². The molecule has 0 aliphatic heterocycles. The number of hydrogen-bond acceptors (Lipinski definition) is 3. The van der Waals surface area contributed by atoms with E-state index in [0.29, 0.717) is 11.3 Å². The molecule has 0 aliphatic carbocycles. The third-order valence-corrected chi connectivity index (χ3v) is 4.15. The number of aryl methyl sites for hydroxylation is 1. The Morgan fingerprint density at radius 1 is 1.00 bits per heavy atom. The highest BCUT2D eigenvalue weighted by Crippen LogP contribution is 2.17. The minimum Gasteiger partial charge on any atom is -0.366 e. The minimum absolute atomic E-state index is 0.182. The summed E-state index contributed by atoms with van der Waals surface area (Å²) in [5, 5.41) is 0. The molecule has 1 amide bonds. The number of rotatable bonds is 4. The molecule has 6 heteroatoms. The summed E-state index contributed by atoms with van der Waals surface area (Å²) in [6.07, 6.45) is 0. The van der Waals surface area contributed by atoms with E-state index in [2.05, 4.69) is 4.72 Å². The fourth-order valence-corrected chi connectivity index (χ4v) is 2.69. The highest BCUT2D eigenvalue weighted by molar-refractivity contribution is 7.92. The predicted molar refractivity (Wildman–Crippen MR) is 76.9 cm³/mol. The summed E-state index contributed by atoms with van der Waals surface area (Å²) < 4.78 is 26.7. The molecule has 0 unspecified atom stereocenters. The van der Waals surface area contributed by atoms with Gasteiger partial charge in [-0.1, -0.05) is 17.7 Å². The zero-order valence-electron chi connectivity index (χ0n) is 10.8. The number of sulfonamides is 1. The molecule has 0 saturated heterocycles. The summed E-state index contributed by atoms with van der Waals surface area (Å²) in [4.78, 5) is 11.1. The molecule has 0 spiro atoms. The normalized spacial score (nSPS) is 11.1. The van der Waals surface area contributed by atoms with Gasteiger partial charge in [-0.3, -0.25) is 9.52 Å². The molecule has 20 heavy (non-hydrogen) atoms. The van der Waals surface area contributed by atoms with Crippen molar-refractivity contribution in [2.45, 2.75) is 11.8 Å². The van der Waals surface area contributed by atoms with Crippen molar-refractivity contribution >= 4 is 21.6 Å². The average Bonchev–Trinajstić information content (AvgIpc) is 2.39. The molecule has 0 aromatic heterocycles. The second-order valence-electron chi connectivity index (χ2n) is 4.36. The molecule has 5 nitrogen and oxygen atoms in total. The van der Waals surface area contributed by atoms with Gasteiger partial charge in [0.25, 0.3) is 10.0 Å². The van der Waals surface area contributed by atoms with Crippen LogP contribution in [0.2, 0.25) is 0 Å². The standard InChI is InChI=1S/C14H14N2O3S/c1-10-2-8-13(9-3-10)20(18,19)16-12-6-4-11(5-7-12)14(15)17/h2-9,16H,1H3,(H2,15,17). The molecule has 0 aliphatic rings. The lowest BCUT2D eigenvalue weighted by Gasteiger charge is -2.08. The maximum absolute atomic E-state index is 12.1. The van der Waals surface area contributed by atoms with Crippen molar-refractivity contribution in [3.63, 3.8) is 0 Å². The number of amides is 1. The number of nitrogens with one attached hydrogen (secondary N) is 1. The van der Waals surface area contributed by atoms with Gasteiger partial charge >= 0.3 is 0 Å². The van der Waals surface area contributed by atoms with E-state index in [1.54, 1.807) is 12.1 Å². The highest BCUT2D eigenvalue weighted by Gasteiger charge is 2.13. The van der Waals surface area contributed by atoms with Crippen LogP contribution in [-0.4, -0.2) is 14.3 Å². The molecular weight excluding hydrogens is 276 g/mol. The van der Waals surface area contributed by atoms with Gasteiger partial charge in [-0.15, -0.1) is 0 Å². The zero-order chi connectivity index (χ0) is 14.8. The topological polar surface area (TPSA) is 89.3 Å². The Morgan fingerprint density at radius 3 is 2.05 bits per heavy atom. The molecule has 0 bridgehead atoms. The van der Waals surface area contributed by atoms with Crippen LogP contribution < -0.4 is 10.5 Å². The lowest BCUT2D eigenvalue weighted by Crippen LogP contribution is -2.14. The summed E-state index contributed by atoms with van der Waals surface area (Å²) in [5.74, 6) is -0.557. The fourth-order valence-electron chi connectivity index (χ4n) is 1.63. The Bertz CT molecular complexity index is 720. The number of primary amides is 1. The summed E-state index contributed by atoms with van der Waals surface area (Å²) in [5.41, 5.74) is 6.79. The minimum atomic E-state index is -3.63. The van der Waals surface area contributed by atoms with Crippen LogP contribution in [0.4, 0.5) is 5.69 Å². The molecular formula is C14H14N2O3S. The van der Waals surface area contributed by atoms with Crippen LogP contribution in [0.15, 0.2) is 53.4 Å². The van der Waals surface area contributed by atoms with Crippen LogP contribution in [0.3, 0.4) is 0 Å². The van der Waals surface area contributed by atoms with Crippen LogP contribution in [0.1, 0.15) is 15.9 Å². The van der Waals surface area contributed by atoms with Gasteiger partial charge in [0, 0.05) is 11.3 Å². The van der Waals surface area contributed by atoms with Crippen molar-refractivity contribution in [1.82, 2.24) is 0 Å². The number of nitrogens with two attached hydrogens (primary N) is 1. The molecule has 3 N–H and O–H groups in total. The van der Waals surface area contributed by atoms with E-state index in [0.717, 1.165) is 5.56 Å². The summed E-state index contributed by atoms with van der Waals surface area (Å²) in [6.45, 7) is 1.88. The SMILES string of the molecule is Cc1ccc(S(=O)(=O)Nc2ccc(C(N)=O)cc2)cc1. The quantitative estimate of drug-likeness (QED) is 0.901. The molecule has 0 heterocycles. The van der Waals surface area contributed by atoms with E-state index in [9.17, 15) is 13.2 Å². The second kappa shape index (κ2) is 5.34. The second-order valence-corrected chi connectivity index (χ2v) is 6.04. The van der Waals surface area contributed by atoms with Crippen molar-refractivity contribution in [1.29, 1.82) is 0 Å². The molecule has 0 saturated carbocycles. The van der Waals surface area contributed by atoms with Gasteiger partial charge < -0.3 is 5.73 Å². The van der Waals surface area contributed by atoms with E-state index in [-0.39, 0.29) is 4.90 Å². The van der Waals surface area contributed by atoms with Crippen LogP contribution >= 0.6 is 0 Å². The molecule has 0 atom stereocenters. The van der Waals surface area contributed by atoms with Gasteiger partial charge in [0.1, 0.15) is 0 Å². The molecule has 0 fully saturated rings. The molecule has 0 radical (unpaired) electrons. The highest BCUT2D eigenvalue weighted by atomic mass is 32.2. The predicted octanol–water partition coefficient (Wildman–Crippen LogP) is 1.89. The van der Waals surface area contributed by atoms with Crippen molar-refractivity contribution in [2.75, 3.05) is 4.72 Å². The summed E-state index contributed by atoms with van der Waals surface area (Å²) in [7, 11) is -3.63. The van der Waals surface area contributed by atoms with Crippen LogP contribution in [0.5, 0.6) is 0 Å². The van der Waals surface area contributed by atoms with Crippen molar-refractivity contribution in [3.8, 4) is 0 Å². The van der Waals surface area contributed by atoms with Gasteiger partial charge in [-0.25, -0.2) is 8.42 Å². The Kier molecular flexibility index (Phi) is 3.76. The van der Waals surface area contributed by atoms with Gasteiger partial charge in [0.15, 0.2) is 0 Å². The Labute approximate surface area is 117 Å². The lowest BCUT2D eigenvalue weighted by molar-refractivity contribution is 0.100. The number of benzene rings is 2. The van der Waals surface area contributed by atoms with Gasteiger partial charge in [0.05, 0.1) is 4.90 Å². The van der Waals surface area contributed by atoms with E-state index >= 15 is 0 Å². The largest absolute Gasteiger partial charge is 0.366 e. The van der Waals surface area contributed by atoms with E-state index < -0.39 is 15.9 Å². The Balaban J connectivity index is 2.24. The van der Waals surface area contributed by atoms with Gasteiger partial charge in [-0.05, 0) is 43.3 Å². The van der Waals surface area contributed by atoms with Gasteiger partial charge in [-0.2, -0.15) is 0 Å². The van der Waals surface area contributed by atoms with E-state index in [4.69, 9.17) is 5.73 Å². The first kappa shape index (κ1) is 14.1. The number of carbonyl (C=O) groups excluding carboxylic acids is 1. The zero-order valence-corrected chi connectivity index (χ0v) is 11.6. The summed E-state index contributed by atoms with van der Waals surface area (Å²) in [6, 6.07) is 12.4. The van der Waals surface area contributed by atoms with Gasteiger partial charge in [0.2, 0.25) is 5.91 Å². The maximum Gasteiger partial charge on any atom is 0.261 e. The number of carbonyl (C=O) groups is 1. The Hall–Kier alpha value is -2.34. The van der Waals surface area contributed by atoms with Crippen LogP contribution in [0.25, 0.3) is 0 Å².